The van der Waals surface area contributed by atoms with Gasteiger partial charge in [-0.05, 0) is 60.2 Å². The Labute approximate surface area is 196 Å². The van der Waals surface area contributed by atoms with Crippen LogP contribution in [-0.2, 0) is 14.8 Å². The number of anilines is 2. The molecular weight excluding hydrogens is 466 g/mol. The molecule has 0 aromatic heterocycles. The largest absolute Gasteiger partial charge is 0.478 e. The molecule has 0 aliphatic carbocycles. The standard InChI is InChI=1S/C23H20ClN3O5S/c24-15-31-18-8-10-19(11-9-18)32-23(13-12-16-4-1-2-7-21(16)27-23)22(28)26-17-5-3-6-20(14-17)33(25,29)30/h1-14,27H,15H2,(H,26,28)(H2,25,29,30). The SMILES string of the molecule is NS(=O)(=O)c1cccc(NC(=O)C2(Oc3ccc(OCCl)cc3)C=Cc3ccccc3N2)c1. The summed E-state index contributed by atoms with van der Waals surface area (Å²) < 4.78 is 34.7. The monoisotopic (exact) mass is 485 g/mol. The van der Waals surface area contributed by atoms with E-state index in [9.17, 15) is 13.2 Å². The quantitative estimate of drug-likeness (QED) is 0.438. The molecule has 170 valence electrons. The highest BCUT2D eigenvalue weighted by Crippen LogP contribution is 2.32. The number of ether oxygens (including phenoxy) is 2. The summed E-state index contributed by atoms with van der Waals surface area (Å²) in [5.74, 6) is 0.371. The van der Waals surface area contributed by atoms with E-state index in [0.717, 1.165) is 5.56 Å². The van der Waals surface area contributed by atoms with E-state index in [1.165, 1.54) is 18.2 Å². The number of nitrogens with one attached hydrogen (secondary N) is 2. The minimum absolute atomic E-state index is 0.00517. The fraction of sp³-hybridized carbons (Fsp3) is 0.0870. The molecule has 10 heteroatoms. The molecule has 4 rings (SSSR count). The number of halogens is 1. The van der Waals surface area contributed by atoms with E-state index in [4.69, 9.17) is 26.2 Å². The highest BCUT2D eigenvalue weighted by atomic mass is 35.5. The van der Waals surface area contributed by atoms with Crippen LogP contribution in [0.25, 0.3) is 6.08 Å². The van der Waals surface area contributed by atoms with Crippen LogP contribution in [0.4, 0.5) is 11.4 Å². The third-order valence-electron chi connectivity index (χ3n) is 4.86. The van der Waals surface area contributed by atoms with Crippen molar-refractivity contribution in [1.29, 1.82) is 0 Å². The van der Waals surface area contributed by atoms with Gasteiger partial charge in [0.2, 0.25) is 10.0 Å². The summed E-state index contributed by atoms with van der Waals surface area (Å²) in [5.41, 5.74) is 0.192. The van der Waals surface area contributed by atoms with Crippen LogP contribution < -0.4 is 25.2 Å². The number of alkyl halides is 1. The lowest BCUT2D eigenvalue weighted by atomic mass is 10.0. The number of benzene rings is 3. The number of rotatable bonds is 7. The van der Waals surface area contributed by atoms with Gasteiger partial charge in [-0.2, -0.15) is 0 Å². The maximum atomic E-state index is 13.5. The van der Waals surface area contributed by atoms with Crippen molar-refractivity contribution in [3.63, 3.8) is 0 Å². The van der Waals surface area contributed by atoms with E-state index in [1.807, 2.05) is 24.3 Å². The first-order valence-corrected chi connectivity index (χ1v) is 11.9. The van der Waals surface area contributed by atoms with Crippen molar-refractivity contribution in [2.45, 2.75) is 10.6 Å². The Morgan fingerprint density at radius 1 is 1.03 bits per heavy atom. The second-order valence-electron chi connectivity index (χ2n) is 7.14. The molecule has 1 aliphatic heterocycles. The lowest BCUT2D eigenvalue weighted by Gasteiger charge is -2.35. The van der Waals surface area contributed by atoms with Gasteiger partial charge < -0.3 is 20.1 Å². The lowest BCUT2D eigenvalue weighted by molar-refractivity contribution is -0.125. The summed E-state index contributed by atoms with van der Waals surface area (Å²) in [6.07, 6.45) is 3.37. The van der Waals surface area contributed by atoms with Gasteiger partial charge in [0.05, 0.1) is 4.90 Å². The van der Waals surface area contributed by atoms with Gasteiger partial charge in [-0.1, -0.05) is 41.9 Å². The van der Waals surface area contributed by atoms with Gasteiger partial charge in [0.25, 0.3) is 11.6 Å². The number of hydrogen-bond donors (Lipinski definition) is 3. The maximum absolute atomic E-state index is 13.5. The Bertz CT molecular complexity index is 1310. The minimum atomic E-state index is -3.93. The molecule has 0 spiro atoms. The number of nitrogens with two attached hydrogens (primary N) is 1. The molecule has 1 atom stereocenters. The van der Waals surface area contributed by atoms with Gasteiger partial charge in [-0.3, -0.25) is 4.79 Å². The van der Waals surface area contributed by atoms with Crippen molar-refractivity contribution in [2.24, 2.45) is 5.14 Å². The van der Waals surface area contributed by atoms with Crippen molar-refractivity contribution in [2.75, 3.05) is 16.7 Å². The predicted octanol–water partition coefficient (Wildman–Crippen LogP) is 3.76. The van der Waals surface area contributed by atoms with Crippen LogP contribution >= 0.6 is 11.6 Å². The average Bonchev–Trinajstić information content (AvgIpc) is 2.80. The van der Waals surface area contributed by atoms with Gasteiger partial charge in [-0.15, -0.1) is 0 Å². The fourth-order valence-corrected chi connectivity index (χ4v) is 3.96. The zero-order valence-corrected chi connectivity index (χ0v) is 18.8. The number of amides is 1. The first-order chi connectivity index (χ1) is 15.8. The Morgan fingerprint density at radius 2 is 1.76 bits per heavy atom. The summed E-state index contributed by atoms with van der Waals surface area (Å²) in [6, 6.07) is 19.7. The molecule has 1 unspecified atom stereocenters. The second-order valence-corrected chi connectivity index (χ2v) is 8.91. The number of hydrogen-bond acceptors (Lipinski definition) is 6. The smallest absolute Gasteiger partial charge is 0.294 e. The van der Waals surface area contributed by atoms with Gasteiger partial charge in [0.15, 0.2) is 6.07 Å². The number of sulfonamides is 1. The molecule has 0 bridgehead atoms. The first-order valence-electron chi connectivity index (χ1n) is 9.78. The van der Waals surface area contributed by atoms with E-state index < -0.39 is 21.7 Å². The highest BCUT2D eigenvalue weighted by Gasteiger charge is 2.41. The lowest BCUT2D eigenvalue weighted by Crippen LogP contribution is -2.54. The van der Waals surface area contributed by atoms with E-state index in [2.05, 4.69) is 10.6 Å². The van der Waals surface area contributed by atoms with E-state index >= 15 is 0 Å². The summed E-state index contributed by atoms with van der Waals surface area (Å²) in [4.78, 5) is 13.3. The average molecular weight is 486 g/mol. The van der Waals surface area contributed by atoms with Crippen LogP contribution in [0.2, 0.25) is 0 Å². The van der Waals surface area contributed by atoms with Crippen LogP contribution in [-0.4, -0.2) is 26.1 Å². The molecule has 0 saturated heterocycles. The van der Waals surface area contributed by atoms with E-state index in [0.29, 0.717) is 17.2 Å². The van der Waals surface area contributed by atoms with Crippen LogP contribution in [0, 0.1) is 0 Å². The molecule has 3 aromatic carbocycles. The topological polar surface area (TPSA) is 120 Å². The third kappa shape index (κ3) is 5.11. The van der Waals surface area contributed by atoms with Crippen molar-refractivity contribution in [3.05, 3.63) is 84.4 Å². The van der Waals surface area contributed by atoms with Crippen LogP contribution in [0.3, 0.4) is 0 Å². The number of primary sulfonamides is 1. The normalized spacial score (nSPS) is 16.9. The van der Waals surface area contributed by atoms with Crippen molar-refractivity contribution < 1.29 is 22.7 Å². The Morgan fingerprint density at radius 3 is 2.48 bits per heavy atom. The third-order valence-corrected chi connectivity index (χ3v) is 5.88. The van der Waals surface area contributed by atoms with Crippen molar-refractivity contribution >= 4 is 45.0 Å². The van der Waals surface area contributed by atoms with Gasteiger partial charge >= 0.3 is 0 Å². The summed E-state index contributed by atoms with van der Waals surface area (Å²) in [6.45, 7) is 0. The zero-order chi connectivity index (χ0) is 23.5. The van der Waals surface area contributed by atoms with Gasteiger partial charge in [-0.25, -0.2) is 13.6 Å². The van der Waals surface area contributed by atoms with Gasteiger partial charge in [0, 0.05) is 11.4 Å². The maximum Gasteiger partial charge on any atom is 0.294 e. The molecule has 4 N–H and O–H groups in total. The molecule has 1 heterocycles. The van der Waals surface area contributed by atoms with Crippen LogP contribution in [0.5, 0.6) is 11.5 Å². The predicted molar refractivity (Wildman–Crippen MR) is 127 cm³/mol. The summed E-state index contributed by atoms with van der Waals surface area (Å²) in [5, 5.41) is 11.1. The molecule has 1 aliphatic rings. The zero-order valence-electron chi connectivity index (χ0n) is 17.2. The number of para-hydroxylation sites is 1. The fourth-order valence-electron chi connectivity index (χ4n) is 3.27. The Balaban J connectivity index is 1.67. The van der Waals surface area contributed by atoms with Crippen molar-refractivity contribution in [3.8, 4) is 11.5 Å². The first kappa shape index (κ1) is 22.7. The van der Waals surface area contributed by atoms with Crippen LogP contribution in [0.15, 0.2) is 83.8 Å². The summed E-state index contributed by atoms with van der Waals surface area (Å²) >= 11 is 5.59. The molecule has 0 fully saturated rings. The Hall–Kier alpha value is -3.53. The number of carbonyl (C=O) groups is 1. The van der Waals surface area contributed by atoms with E-state index in [-0.39, 0.29) is 16.6 Å². The molecular formula is C23H20ClN3O5S. The second kappa shape index (κ2) is 9.14. The Kier molecular flexibility index (Phi) is 6.28. The van der Waals surface area contributed by atoms with Crippen molar-refractivity contribution in [1.82, 2.24) is 0 Å². The molecule has 0 saturated carbocycles. The molecule has 8 nitrogen and oxygen atoms in total. The minimum Gasteiger partial charge on any atom is -0.478 e. The number of carbonyl (C=O) groups excluding carboxylic acids is 1. The highest BCUT2D eigenvalue weighted by molar-refractivity contribution is 7.89. The number of fused-ring (bicyclic) bond motifs is 1. The molecule has 33 heavy (non-hydrogen) atoms. The van der Waals surface area contributed by atoms with Crippen LogP contribution in [0.1, 0.15) is 5.56 Å². The summed E-state index contributed by atoms with van der Waals surface area (Å²) in [7, 11) is -3.93. The van der Waals surface area contributed by atoms with E-state index in [1.54, 1.807) is 42.5 Å². The van der Waals surface area contributed by atoms with Gasteiger partial charge in [0.1, 0.15) is 11.5 Å². The molecule has 3 aromatic rings. The molecule has 0 radical (unpaired) electrons. The molecule has 1 amide bonds.